The Morgan fingerprint density at radius 2 is 2.18 bits per heavy atom. The number of aryl methyl sites for hydroxylation is 1. The van der Waals surface area contributed by atoms with Crippen LogP contribution in [0.25, 0.3) is 0 Å². The van der Waals surface area contributed by atoms with E-state index in [0.717, 1.165) is 5.56 Å². The van der Waals surface area contributed by atoms with E-state index in [-0.39, 0.29) is 5.82 Å². The van der Waals surface area contributed by atoms with Crippen molar-refractivity contribution in [1.82, 2.24) is 0 Å². The van der Waals surface area contributed by atoms with Gasteiger partial charge in [0.15, 0.2) is 0 Å². The van der Waals surface area contributed by atoms with Gasteiger partial charge in [0.25, 0.3) is 0 Å². The molecule has 1 aromatic carbocycles. The SMILES string of the molecule is Cc1ccc(OCc2ccoc2CN)cc1F. The lowest BCUT2D eigenvalue weighted by atomic mass is 10.2. The molecule has 0 fully saturated rings. The minimum absolute atomic E-state index is 0.270. The molecule has 17 heavy (non-hydrogen) atoms. The van der Waals surface area contributed by atoms with Crippen LogP contribution in [0.1, 0.15) is 16.9 Å². The number of hydrogen-bond acceptors (Lipinski definition) is 3. The van der Waals surface area contributed by atoms with E-state index in [1.54, 1.807) is 31.4 Å². The summed E-state index contributed by atoms with van der Waals surface area (Å²) in [5.74, 6) is 0.920. The van der Waals surface area contributed by atoms with Gasteiger partial charge in [-0.1, -0.05) is 6.07 Å². The fourth-order valence-corrected chi connectivity index (χ4v) is 1.50. The van der Waals surface area contributed by atoms with Crippen molar-refractivity contribution in [1.29, 1.82) is 0 Å². The fourth-order valence-electron chi connectivity index (χ4n) is 1.50. The van der Waals surface area contributed by atoms with E-state index in [9.17, 15) is 4.39 Å². The molecule has 90 valence electrons. The predicted octanol–water partition coefficient (Wildman–Crippen LogP) is 2.76. The van der Waals surface area contributed by atoms with Crippen molar-refractivity contribution in [3.63, 3.8) is 0 Å². The Bertz CT molecular complexity index is 508. The third-order valence-electron chi connectivity index (χ3n) is 2.56. The van der Waals surface area contributed by atoms with E-state index >= 15 is 0 Å². The zero-order chi connectivity index (χ0) is 12.3. The van der Waals surface area contributed by atoms with Gasteiger partial charge in [-0.25, -0.2) is 4.39 Å². The lowest BCUT2D eigenvalue weighted by molar-refractivity contribution is 0.300. The van der Waals surface area contributed by atoms with Crippen molar-refractivity contribution in [3.8, 4) is 5.75 Å². The van der Waals surface area contributed by atoms with Crippen molar-refractivity contribution in [2.45, 2.75) is 20.1 Å². The van der Waals surface area contributed by atoms with Gasteiger partial charge < -0.3 is 14.9 Å². The zero-order valence-electron chi connectivity index (χ0n) is 9.57. The Labute approximate surface area is 99.0 Å². The monoisotopic (exact) mass is 235 g/mol. The highest BCUT2D eigenvalue weighted by Crippen LogP contribution is 2.18. The largest absolute Gasteiger partial charge is 0.489 e. The van der Waals surface area contributed by atoms with Gasteiger partial charge in [0.1, 0.15) is 23.9 Å². The van der Waals surface area contributed by atoms with Crippen molar-refractivity contribution >= 4 is 0 Å². The van der Waals surface area contributed by atoms with Gasteiger partial charge >= 0.3 is 0 Å². The summed E-state index contributed by atoms with van der Waals surface area (Å²) in [5, 5.41) is 0. The molecule has 0 unspecified atom stereocenters. The van der Waals surface area contributed by atoms with Crippen LogP contribution in [0, 0.1) is 12.7 Å². The molecule has 0 aliphatic rings. The molecule has 3 nitrogen and oxygen atoms in total. The molecule has 0 bridgehead atoms. The number of rotatable bonds is 4. The summed E-state index contributed by atoms with van der Waals surface area (Å²) < 4.78 is 23.9. The Kier molecular flexibility index (Phi) is 3.44. The van der Waals surface area contributed by atoms with Crippen molar-refractivity contribution < 1.29 is 13.5 Å². The molecule has 0 saturated carbocycles. The number of ether oxygens (including phenoxy) is 1. The third-order valence-corrected chi connectivity index (χ3v) is 2.56. The predicted molar refractivity (Wildman–Crippen MR) is 62.1 cm³/mol. The summed E-state index contributed by atoms with van der Waals surface area (Å²) in [6, 6.07) is 6.59. The third kappa shape index (κ3) is 2.65. The Morgan fingerprint density at radius 1 is 1.35 bits per heavy atom. The standard InChI is InChI=1S/C13H14FNO2/c1-9-2-3-11(6-12(9)14)17-8-10-4-5-16-13(10)7-15/h2-6H,7-8,15H2,1H3. The minimum Gasteiger partial charge on any atom is -0.489 e. The fraction of sp³-hybridized carbons (Fsp3) is 0.231. The Balaban J connectivity index is 2.05. The van der Waals surface area contributed by atoms with Crippen LogP contribution in [-0.4, -0.2) is 0 Å². The molecule has 1 heterocycles. The second kappa shape index (κ2) is 5.01. The van der Waals surface area contributed by atoms with E-state index in [1.165, 1.54) is 6.07 Å². The van der Waals surface area contributed by atoms with E-state index in [0.29, 0.717) is 30.2 Å². The van der Waals surface area contributed by atoms with Crippen LogP contribution in [0.15, 0.2) is 34.9 Å². The maximum atomic E-state index is 13.3. The highest BCUT2D eigenvalue weighted by Gasteiger charge is 2.06. The number of halogens is 1. The summed E-state index contributed by atoms with van der Waals surface area (Å²) in [5.41, 5.74) is 6.98. The molecule has 1 aromatic heterocycles. The maximum Gasteiger partial charge on any atom is 0.129 e. The van der Waals surface area contributed by atoms with Crippen LogP contribution in [0.2, 0.25) is 0 Å². The maximum absolute atomic E-state index is 13.3. The first kappa shape index (κ1) is 11.7. The van der Waals surface area contributed by atoms with Crippen LogP contribution < -0.4 is 10.5 Å². The molecule has 0 aliphatic heterocycles. The average molecular weight is 235 g/mol. The second-order valence-corrected chi connectivity index (χ2v) is 3.77. The molecule has 2 N–H and O–H groups in total. The normalized spacial score (nSPS) is 10.5. The molecule has 2 rings (SSSR count). The van der Waals surface area contributed by atoms with E-state index in [4.69, 9.17) is 14.9 Å². The van der Waals surface area contributed by atoms with Crippen LogP contribution in [0.3, 0.4) is 0 Å². The minimum atomic E-state index is -0.270. The molecule has 0 saturated heterocycles. The lowest BCUT2D eigenvalue weighted by Gasteiger charge is -2.06. The number of hydrogen-bond donors (Lipinski definition) is 1. The van der Waals surface area contributed by atoms with Gasteiger partial charge in [0.05, 0.1) is 12.8 Å². The average Bonchev–Trinajstić information content (AvgIpc) is 2.78. The van der Waals surface area contributed by atoms with Crippen molar-refractivity contribution in [2.75, 3.05) is 0 Å². The molecule has 2 aromatic rings. The quantitative estimate of drug-likeness (QED) is 0.886. The van der Waals surface area contributed by atoms with Gasteiger partial charge in [0.2, 0.25) is 0 Å². The van der Waals surface area contributed by atoms with Crippen LogP contribution in [0.4, 0.5) is 4.39 Å². The number of nitrogens with two attached hydrogens (primary N) is 1. The Morgan fingerprint density at radius 3 is 2.88 bits per heavy atom. The highest BCUT2D eigenvalue weighted by molar-refractivity contribution is 5.28. The van der Waals surface area contributed by atoms with Crippen LogP contribution in [0.5, 0.6) is 5.75 Å². The van der Waals surface area contributed by atoms with Crippen molar-refractivity contribution in [3.05, 3.63) is 53.2 Å². The molecule has 0 amide bonds. The lowest BCUT2D eigenvalue weighted by Crippen LogP contribution is -2.02. The summed E-state index contributed by atoms with van der Waals surface area (Å²) in [6.07, 6.45) is 1.57. The Hall–Kier alpha value is -1.81. The van der Waals surface area contributed by atoms with Crippen LogP contribution >= 0.6 is 0 Å². The molecular formula is C13H14FNO2. The molecule has 0 aliphatic carbocycles. The van der Waals surface area contributed by atoms with E-state index < -0.39 is 0 Å². The van der Waals surface area contributed by atoms with Gasteiger partial charge in [-0.3, -0.25) is 0 Å². The van der Waals surface area contributed by atoms with E-state index in [1.807, 2.05) is 0 Å². The smallest absolute Gasteiger partial charge is 0.129 e. The first-order valence-corrected chi connectivity index (χ1v) is 5.35. The highest BCUT2D eigenvalue weighted by atomic mass is 19.1. The summed E-state index contributed by atoms with van der Waals surface area (Å²) in [6.45, 7) is 2.36. The van der Waals surface area contributed by atoms with Gasteiger partial charge in [-0.15, -0.1) is 0 Å². The molecular weight excluding hydrogens is 221 g/mol. The summed E-state index contributed by atoms with van der Waals surface area (Å²) >= 11 is 0. The first-order chi connectivity index (χ1) is 8.20. The summed E-state index contributed by atoms with van der Waals surface area (Å²) in [7, 11) is 0. The second-order valence-electron chi connectivity index (χ2n) is 3.77. The summed E-state index contributed by atoms with van der Waals surface area (Å²) in [4.78, 5) is 0. The molecule has 0 spiro atoms. The number of furan rings is 1. The van der Waals surface area contributed by atoms with E-state index in [2.05, 4.69) is 0 Å². The van der Waals surface area contributed by atoms with Gasteiger partial charge in [-0.05, 0) is 24.6 Å². The molecule has 0 radical (unpaired) electrons. The first-order valence-electron chi connectivity index (χ1n) is 5.35. The number of benzene rings is 1. The zero-order valence-corrected chi connectivity index (χ0v) is 9.57. The van der Waals surface area contributed by atoms with Gasteiger partial charge in [0, 0.05) is 11.6 Å². The topological polar surface area (TPSA) is 48.4 Å². The van der Waals surface area contributed by atoms with Crippen LogP contribution in [-0.2, 0) is 13.2 Å². The molecule has 4 heteroatoms. The molecule has 0 atom stereocenters. The van der Waals surface area contributed by atoms with Gasteiger partial charge in [-0.2, -0.15) is 0 Å². The van der Waals surface area contributed by atoms with Crippen molar-refractivity contribution in [2.24, 2.45) is 5.73 Å².